The van der Waals surface area contributed by atoms with Gasteiger partial charge in [-0.3, -0.25) is 5.01 Å². The van der Waals surface area contributed by atoms with E-state index in [1.807, 2.05) is 0 Å². The lowest BCUT2D eigenvalue weighted by Gasteiger charge is -2.08. The van der Waals surface area contributed by atoms with Gasteiger partial charge in [0, 0.05) is 25.9 Å². The summed E-state index contributed by atoms with van der Waals surface area (Å²) in [4.78, 5) is 9.82. The highest BCUT2D eigenvalue weighted by molar-refractivity contribution is 5.49. The minimum absolute atomic E-state index is 0.463. The summed E-state index contributed by atoms with van der Waals surface area (Å²) in [6.45, 7) is 7.30. The minimum Gasteiger partial charge on any atom is -0.303 e. The average molecular weight is 126 g/mol. The topological polar surface area (TPSA) is 32.7 Å². The van der Waals surface area contributed by atoms with Gasteiger partial charge >= 0.3 is 0 Å². The van der Waals surface area contributed by atoms with Crippen LogP contribution in [0.25, 0.3) is 0 Å². The largest absolute Gasteiger partial charge is 0.303 e. The van der Waals surface area contributed by atoms with Gasteiger partial charge in [0.1, 0.15) is 6.29 Å². The van der Waals surface area contributed by atoms with Crippen LogP contribution < -0.4 is 0 Å². The van der Waals surface area contributed by atoms with Crippen molar-refractivity contribution >= 4 is 13.0 Å². The van der Waals surface area contributed by atoms with Crippen LogP contribution in [-0.2, 0) is 4.79 Å². The number of carbonyl (C=O) groups is 1. The number of hydrazone groups is 1. The van der Waals surface area contributed by atoms with Crippen molar-refractivity contribution in [3.63, 3.8) is 0 Å². The van der Waals surface area contributed by atoms with Gasteiger partial charge in [-0.1, -0.05) is 6.58 Å². The number of nitrogens with zero attached hydrogens (tertiary/aromatic N) is 2. The highest BCUT2D eigenvalue weighted by atomic mass is 16.1. The van der Waals surface area contributed by atoms with E-state index in [0.29, 0.717) is 13.0 Å². The molecule has 0 fully saturated rings. The number of carbonyl (C=O) groups excluding carboxylic acids is 1. The zero-order valence-corrected chi connectivity index (χ0v) is 5.29. The van der Waals surface area contributed by atoms with Crippen LogP contribution >= 0.6 is 0 Å². The van der Waals surface area contributed by atoms with Crippen LogP contribution in [0.2, 0.25) is 0 Å². The highest BCUT2D eigenvalue weighted by Crippen LogP contribution is 1.88. The number of aldehydes is 1. The maximum absolute atomic E-state index is 9.82. The van der Waals surface area contributed by atoms with Crippen LogP contribution in [0.15, 0.2) is 17.9 Å². The Hall–Kier alpha value is -1.12. The van der Waals surface area contributed by atoms with Gasteiger partial charge in [0.15, 0.2) is 0 Å². The highest BCUT2D eigenvalue weighted by Gasteiger charge is 1.89. The molecule has 0 aliphatic carbocycles. The Morgan fingerprint density at radius 2 is 2.33 bits per heavy atom. The van der Waals surface area contributed by atoms with E-state index in [1.165, 1.54) is 11.2 Å². The van der Waals surface area contributed by atoms with Crippen molar-refractivity contribution in [3.05, 3.63) is 12.8 Å². The van der Waals surface area contributed by atoms with Crippen molar-refractivity contribution in [2.75, 3.05) is 6.54 Å². The van der Waals surface area contributed by atoms with E-state index >= 15 is 0 Å². The third-order valence-corrected chi connectivity index (χ3v) is 0.868. The summed E-state index contributed by atoms with van der Waals surface area (Å²) in [6, 6.07) is 0. The van der Waals surface area contributed by atoms with Crippen molar-refractivity contribution in [1.29, 1.82) is 0 Å². The van der Waals surface area contributed by atoms with E-state index in [4.69, 9.17) is 0 Å². The summed E-state index contributed by atoms with van der Waals surface area (Å²) in [5.41, 5.74) is 0. The third-order valence-electron chi connectivity index (χ3n) is 0.868. The van der Waals surface area contributed by atoms with Gasteiger partial charge in [-0.2, -0.15) is 5.10 Å². The molecule has 3 heteroatoms. The predicted molar refractivity (Wildman–Crippen MR) is 37.1 cm³/mol. The Bertz CT molecular complexity index is 104. The lowest BCUT2D eigenvalue weighted by Crippen LogP contribution is -2.10. The average Bonchev–Trinajstić information content (AvgIpc) is 1.91. The molecule has 0 rings (SSSR count). The van der Waals surface area contributed by atoms with E-state index in [9.17, 15) is 4.79 Å². The second-order valence-corrected chi connectivity index (χ2v) is 1.44. The molecule has 0 radical (unpaired) electrons. The van der Waals surface area contributed by atoms with Gasteiger partial charge in [-0.15, -0.1) is 0 Å². The fourth-order valence-electron chi connectivity index (χ4n) is 0.405. The third kappa shape index (κ3) is 3.46. The van der Waals surface area contributed by atoms with Gasteiger partial charge in [0.25, 0.3) is 0 Å². The number of hydrogen-bond donors (Lipinski definition) is 0. The van der Waals surface area contributed by atoms with Gasteiger partial charge in [0.05, 0.1) is 0 Å². The molecule has 0 amide bonds. The fourth-order valence-corrected chi connectivity index (χ4v) is 0.405. The van der Waals surface area contributed by atoms with Crippen molar-refractivity contribution in [1.82, 2.24) is 5.01 Å². The summed E-state index contributed by atoms with van der Waals surface area (Å²) >= 11 is 0. The second kappa shape index (κ2) is 5.03. The Morgan fingerprint density at radius 3 is 2.67 bits per heavy atom. The Balaban J connectivity index is 3.41. The maximum Gasteiger partial charge on any atom is 0.121 e. The van der Waals surface area contributed by atoms with Crippen LogP contribution in [-0.4, -0.2) is 24.6 Å². The van der Waals surface area contributed by atoms with Crippen molar-refractivity contribution in [3.8, 4) is 0 Å². The molecule has 9 heavy (non-hydrogen) atoms. The molecule has 0 aromatic rings. The molecule has 0 bridgehead atoms. The summed E-state index contributed by atoms with van der Waals surface area (Å²) < 4.78 is 0. The zero-order valence-electron chi connectivity index (χ0n) is 5.29. The quantitative estimate of drug-likeness (QED) is 0.307. The van der Waals surface area contributed by atoms with E-state index < -0.39 is 0 Å². The molecule has 0 aliphatic rings. The Morgan fingerprint density at radius 1 is 1.67 bits per heavy atom. The van der Waals surface area contributed by atoms with Gasteiger partial charge < -0.3 is 4.79 Å². The molecule has 0 saturated heterocycles. The van der Waals surface area contributed by atoms with E-state index in [1.54, 1.807) is 0 Å². The molecule has 0 heterocycles. The minimum atomic E-state index is 0.463. The van der Waals surface area contributed by atoms with Crippen LogP contribution in [0.5, 0.6) is 0 Å². The van der Waals surface area contributed by atoms with E-state index in [-0.39, 0.29) is 0 Å². The molecule has 0 aliphatic heterocycles. The van der Waals surface area contributed by atoms with E-state index in [2.05, 4.69) is 18.4 Å². The molecule has 0 saturated carbocycles. The number of hydrogen-bond acceptors (Lipinski definition) is 3. The molecule has 0 aromatic carbocycles. The molecular formula is C6H10N2O. The van der Waals surface area contributed by atoms with Crippen LogP contribution in [0.4, 0.5) is 0 Å². The zero-order chi connectivity index (χ0) is 7.11. The first-order valence-corrected chi connectivity index (χ1v) is 2.64. The Labute approximate surface area is 54.7 Å². The SMILES string of the molecule is C=CN(CCC=O)N=C. The molecule has 50 valence electrons. The molecule has 0 spiro atoms. The van der Waals surface area contributed by atoms with Gasteiger partial charge in [0.2, 0.25) is 0 Å². The molecule has 3 nitrogen and oxygen atoms in total. The molecule has 0 atom stereocenters. The predicted octanol–water partition coefficient (Wildman–Crippen LogP) is 0.637. The fraction of sp³-hybridized carbons (Fsp3) is 0.333. The van der Waals surface area contributed by atoms with Crippen LogP contribution in [0.1, 0.15) is 6.42 Å². The lowest BCUT2D eigenvalue weighted by atomic mass is 10.5. The smallest absolute Gasteiger partial charge is 0.121 e. The van der Waals surface area contributed by atoms with Crippen molar-refractivity contribution in [2.24, 2.45) is 5.10 Å². The summed E-state index contributed by atoms with van der Waals surface area (Å²) in [5.74, 6) is 0. The van der Waals surface area contributed by atoms with Crippen molar-refractivity contribution in [2.45, 2.75) is 6.42 Å². The van der Waals surface area contributed by atoms with Gasteiger partial charge in [-0.05, 0) is 0 Å². The van der Waals surface area contributed by atoms with Gasteiger partial charge in [-0.25, -0.2) is 0 Å². The molecule has 0 aromatic heterocycles. The second-order valence-electron chi connectivity index (χ2n) is 1.44. The normalized spacial score (nSPS) is 8.00. The number of rotatable bonds is 5. The first-order valence-electron chi connectivity index (χ1n) is 2.64. The van der Waals surface area contributed by atoms with Crippen molar-refractivity contribution < 1.29 is 4.79 Å². The first kappa shape index (κ1) is 7.88. The molecular weight excluding hydrogens is 116 g/mol. The summed E-state index contributed by atoms with van der Waals surface area (Å²) in [5, 5.41) is 5.06. The lowest BCUT2D eigenvalue weighted by molar-refractivity contribution is -0.108. The molecule has 0 N–H and O–H groups in total. The summed E-state index contributed by atoms with van der Waals surface area (Å²) in [7, 11) is 0. The maximum atomic E-state index is 9.82. The van der Waals surface area contributed by atoms with Crippen LogP contribution in [0, 0.1) is 0 Å². The first-order chi connectivity index (χ1) is 4.35. The van der Waals surface area contributed by atoms with Crippen LogP contribution in [0.3, 0.4) is 0 Å². The summed E-state index contributed by atoms with van der Waals surface area (Å²) in [6.07, 6.45) is 2.82. The monoisotopic (exact) mass is 126 g/mol. The van der Waals surface area contributed by atoms with E-state index in [0.717, 1.165) is 6.29 Å². The Kier molecular flexibility index (Phi) is 4.40. The standard InChI is InChI=1S/C6H10N2O/c1-3-8(7-2)5-4-6-9/h3,6H,1-2,4-5H2. The molecule has 0 unspecified atom stereocenters.